The Morgan fingerprint density at radius 2 is 2.00 bits per heavy atom. The van der Waals surface area contributed by atoms with Gasteiger partial charge in [0.05, 0.1) is 0 Å². The van der Waals surface area contributed by atoms with Crippen molar-refractivity contribution in [2.24, 2.45) is 0 Å². The van der Waals surface area contributed by atoms with Gasteiger partial charge in [-0.3, -0.25) is 0 Å². The fourth-order valence-electron chi connectivity index (χ4n) is 0.854. The van der Waals surface area contributed by atoms with E-state index in [1.165, 1.54) is 5.56 Å². The van der Waals surface area contributed by atoms with Crippen LogP contribution >= 0.6 is 11.1 Å². The van der Waals surface area contributed by atoms with Gasteiger partial charge in [-0.1, -0.05) is 42.1 Å². The lowest BCUT2D eigenvalue weighted by Crippen LogP contribution is -1.78. The maximum Gasteiger partial charge on any atom is 0.202 e. The molecule has 0 aliphatic rings. The minimum atomic E-state index is 0.401. The summed E-state index contributed by atoms with van der Waals surface area (Å²) in [6, 6.07) is 10.3. The van der Waals surface area contributed by atoms with Gasteiger partial charge in [0.2, 0.25) is 8.83 Å². The number of rotatable bonds is 3. The molecule has 0 unspecified atom stereocenters. The lowest BCUT2D eigenvalue weighted by molar-refractivity contribution is 1.28. The number of halogens is 1. The van der Waals surface area contributed by atoms with Crippen molar-refractivity contribution in [3.63, 3.8) is 0 Å². The molecule has 0 heterocycles. The van der Waals surface area contributed by atoms with Crippen LogP contribution in [0.5, 0.6) is 0 Å². The molecule has 0 bridgehead atoms. The molecule has 1 aromatic carbocycles. The second-order valence-corrected chi connectivity index (χ2v) is 3.41. The predicted octanol–water partition coefficient (Wildman–Crippen LogP) is 2.60. The van der Waals surface area contributed by atoms with Crippen molar-refractivity contribution in [1.29, 1.82) is 0 Å². The highest BCUT2D eigenvalue weighted by Crippen LogP contribution is 1.99. The van der Waals surface area contributed by atoms with Gasteiger partial charge >= 0.3 is 0 Å². The van der Waals surface area contributed by atoms with E-state index in [-0.39, 0.29) is 0 Å². The maximum atomic E-state index is 5.51. The van der Waals surface area contributed by atoms with E-state index in [0.29, 0.717) is 8.83 Å². The third kappa shape index (κ3) is 3.40. The van der Waals surface area contributed by atoms with Gasteiger partial charge in [0.15, 0.2) is 0 Å². The summed E-state index contributed by atoms with van der Waals surface area (Å²) in [5, 5.41) is 0. The largest absolute Gasteiger partial charge is 0.202 e. The molecule has 0 aromatic heterocycles. The Hall–Kier alpha value is -0.533. The molecule has 0 saturated carbocycles. The highest BCUT2D eigenvalue weighted by Gasteiger charge is 1.84. The zero-order valence-corrected chi connectivity index (χ0v) is 7.88. The van der Waals surface area contributed by atoms with E-state index in [1.54, 1.807) is 0 Å². The summed E-state index contributed by atoms with van der Waals surface area (Å²) in [5.74, 6) is 0. The van der Waals surface area contributed by atoms with E-state index in [2.05, 4.69) is 18.2 Å². The van der Waals surface area contributed by atoms with Crippen LogP contribution < -0.4 is 0 Å². The predicted molar refractivity (Wildman–Crippen MR) is 50.9 cm³/mol. The van der Waals surface area contributed by atoms with Gasteiger partial charge in [-0.15, -0.1) is 0 Å². The number of allylic oxidation sites excluding steroid dienone is 1. The molecule has 0 aliphatic heterocycles. The Kier molecular flexibility index (Phi) is 4.02. The van der Waals surface area contributed by atoms with Crippen LogP contribution in [0.3, 0.4) is 0 Å². The van der Waals surface area contributed by atoms with Crippen molar-refractivity contribution in [2.75, 3.05) is 0 Å². The number of benzene rings is 1. The van der Waals surface area contributed by atoms with E-state index < -0.39 is 0 Å². The minimum absolute atomic E-state index is 0.401. The first-order valence-electron chi connectivity index (χ1n) is 3.48. The molecule has 0 aliphatic carbocycles. The lowest BCUT2D eigenvalue weighted by Gasteiger charge is -1.92. The van der Waals surface area contributed by atoms with Crippen LogP contribution in [-0.4, -0.2) is 8.83 Å². The quantitative estimate of drug-likeness (QED) is 0.496. The van der Waals surface area contributed by atoms with E-state index >= 15 is 0 Å². The molecule has 56 valence electrons. The normalized spacial score (nSPS) is 10.6. The van der Waals surface area contributed by atoms with Crippen molar-refractivity contribution in [1.82, 2.24) is 0 Å². The van der Waals surface area contributed by atoms with E-state index in [4.69, 9.17) is 11.1 Å². The molecule has 2 heteroatoms. The van der Waals surface area contributed by atoms with Crippen LogP contribution in [0, 0.1) is 0 Å². The molecule has 0 fully saturated rings. The molecule has 0 amide bonds. The highest BCUT2D eigenvalue weighted by molar-refractivity contribution is 6.96. The first-order chi connectivity index (χ1) is 5.43. The molecule has 11 heavy (non-hydrogen) atoms. The molecule has 0 atom stereocenters. The van der Waals surface area contributed by atoms with Crippen LogP contribution in [0.4, 0.5) is 0 Å². The standard InChI is InChI=1S/C9H9ClSi/c10-11-8-4-7-9-5-2-1-3-6-9/h1-6,8H,7H2. The Bertz CT molecular complexity index is 218. The molecule has 0 saturated heterocycles. The van der Waals surface area contributed by atoms with Gasteiger partial charge < -0.3 is 0 Å². The van der Waals surface area contributed by atoms with Crippen molar-refractivity contribution in [3.8, 4) is 0 Å². The second-order valence-electron chi connectivity index (χ2n) is 2.20. The summed E-state index contributed by atoms with van der Waals surface area (Å²) in [5.41, 5.74) is 3.33. The molecule has 1 aromatic rings. The van der Waals surface area contributed by atoms with Gasteiger partial charge in [-0.2, -0.15) is 11.1 Å². The van der Waals surface area contributed by atoms with Crippen molar-refractivity contribution in [2.45, 2.75) is 6.42 Å². The summed E-state index contributed by atoms with van der Waals surface area (Å²) in [6.45, 7) is 0. The Labute approximate surface area is 74.4 Å². The molecule has 1 rings (SSSR count). The first-order valence-corrected chi connectivity index (χ1v) is 5.57. The summed E-state index contributed by atoms with van der Waals surface area (Å²) in [7, 11) is 0.401. The summed E-state index contributed by atoms with van der Waals surface area (Å²) < 4.78 is 0. The van der Waals surface area contributed by atoms with Crippen molar-refractivity contribution >= 4 is 19.9 Å². The Balaban J connectivity index is 2.45. The monoisotopic (exact) mass is 180 g/mol. The second kappa shape index (κ2) is 5.16. The molecule has 2 radical (unpaired) electrons. The summed E-state index contributed by atoms with van der Waals surface area (Å²) in [4.78, 5) is 0. The Morgan fingerprint density at radius 1 is 1.27 bits per heavy atom. The third-order valence-electron chi connectivity index (χ3n) is 1.38. The Morgan fingerprint density at radius 3 is 2.64 bits per heavy atom. The van der Waals surface area contributed by atoms with Crippen molar-refractivity contribution < 1.29 is 0 Å². The lowest BCUT2D eigenvalue weighted by atomic mass is 10.2. The number of hydrogen-bond donors (Lipinski definition) is 0. The molecular formula is C9H9ClSi. The van der Waals surface area contributed by atoms with Crippen LogP contribution in [0.2, 0.25) is 0 Å². The molecule has 0 N–H and O–H groups in total. The highest BCUT2D eigenvalue weighted by atomic mass is 35.6. The zero-order valence-electron chi connectivity index (χ0n) is 6.13. The fourth-order valence-corrected chi connectivity index (χ4v) is 1.33. The average Bonchev–Trinajstić information content (AvgIpc) is 2.07. The smallest absolute Gasteiger partial charge is 0.165 e. The van der Waals surface area contributed by atoms with Crippen LogP contribution in [0.1, 0.15) is 5.56 Å². The van der Waals surface area contributed by atoms with Crippen LogP contribution in [-0.2, 0) is 6.42 Å². The first kappa shape index (κ1) is 8.56. The number of hydrogen-bond acceptors (Lipinski definition) is 0. The summed E-state index contributed by atoms with van der Waals surface area (Å²) in [6.07, 6.45) is 3.08. The topological polar surface area (TPSA) is 0 Å². The third-order valence-corrected chi connectivity index (χ3v) is 2.12. The van der Waals surface area contributed by atoms with Gasteiger partial charge in [0, 0.05) is 0 Å². The molecule has 0 spiro atoms. The van der Waals surface area contributed by atoms with Gasteiger partial charge in [-0.25, -0.2) is 0 Å². The maximum absolute atomic E-state index is 5.51. The minimum Gasteiger partial charge on any atom is -0.165 e. The average molecular weight is 181 g/mol. The van der Waals surface area contributed by atoms with E-state index in [1.807, 2.05) is 23.9 Å². The fraction of sp³-hybridized carbons (Fsp3) is 0.111. The summed E-state index contributed by atoms with van der Waals surface area (Å²) >= 11 is 5.51. The zero-order chi connectivity index (χ0) is 7.94. The van der Waals surface area contributed by atoms with Crippen LogP contribution in [0.25, 0.3) is 0 Å². The van der Waals surface area contributed by atoms with Gasteiger partial charge in [0.1, 0.15) is 0 Å². The van der Waals surface area contributed by atoms with Crippen LogP contribution in [0.15, 0.2) is 42.1 Å². The molecule has 0 nitrogen and oxygen atoms in total. The van der Waals surface area contributed by atoms with Gasteiger partial charge in [-0.05, 0) is 12.0 Å². The van der Waals surface area contributed by atoms with Gasteiger partial charge in [0.25, 0.3) is 0 Å². The van der Waals surface area contributed by atoms with Crippen molar-refractivity contribution in [3.05, 3.63) is 47.7 Å². The van der Waals surface area contributed by atoms with E-state index in [0.717, 1.165) is 6.42 Å². The SMILES string of the molecule is Cl[Si]C=CCc1ccccc1. The molecular weight excluding hydrogens is 172 g/mol. The van der Waals surface area contributed by atoms with E-state index in [9.17, 15) is 0 Å².